The van der Waals surface area contributed by atoms with Gasteiger partial charge in [0.15, 0.2) is 0 Å². The number of benzene rings is 2. The van der Waals surface area contributed by atoms with Crippen LogP contribution >= 0.6 is 0 Å². The van der Waals surface area contributed by atoms with E-state index in [0.29, 0.717) is 12.4 Å². The van der Waals surface area contributed by atoms with Crippen LogP contribution in [0.25, 0.3) is 0 Å². The van der Waals surface area contributed by atoms with Crippen LogP contribution in [0.1, 0.15) is 19.4 Å². The Hall–Kier alpha value is -2.01. The van der Waals surface area contributed by atoms with Crippen LogP contribution in [-0.4, -0.2) is 21.3 Å². The molecular weight excluding hydrogens is 300 g/mol. The molecule has 5 heteroatoms. The Morgan fingerprint density at radius 2 is 1.55 bits per heavy atom. The predicted molar refractivity (Wildman–Crippen MR) is 86.9 cm³/mol. The summed E-state index contributed by atoms with van der Waals surface area (Å²) in [6.45, 7) is 4.38. The van der Waals surface area contributed by atoms with Crippen LogP contribution in [0.3, 0.4) is 0 Å². The molecule has 2 rings (SSSR count). The highest BCUT2D eigenvalue weighted by Gasteiger charge is 2.26. The molecule has 0 N–H and O–H groups in total. The van der Waals surface area contributed by atoms with Crippen LogP contribution in [-0.2, 0) is 15.5 Å². The van der Waals surface area contributed by atoms with Gasteiger partial charge in [-0.05, 0) is 18.2 Å². The van der Waals surface area contributed by atoms with Crippen molar-refractivity contribution in [3.8, 4) is 11.5 Å². The number of ether oxygens (including phenoxy) is 1. The fourth-order valence-corrected chi connectivity index (χ4v) is 2.59. The quantitative estimate of drug-likeness (QED) is 0.766. The number of hydrogen-bond donors (Lipinski definition) is 0. The first-order valence-electron chi connectivity index (χ1n) is 6.95. The molecule has 0 amide bonds. The Balaban J connectivity index is 2.22. The third kappa shape index (κ3) is 4.49. The minimum absolute atomic E-state index is 0.340. The molecule has 0 spiro atoms. The van der Waals surface area contributed by atoms with Crippen molar-refractivity contribution in [2.45, 2.75) is 19.3 Å². The van der Waals surface area contributed by atoms with E-state index in [4.69, 9.17) is 8.92 Å². The van der Waals surface area contributed by atoms with Gasteiger partial charge in [0.05, 0.1) is 12.9 Å². The van der Waals surface area contributed by atoms with Gasteiger partial charge in [0, 0.05) is 11.0 Å². The van der Waals surface area contributed by atoms with Gasteiger partial charge in [-0.1, -0.05) is 50.2 Å². The molecule has 4 nitrogen and oxygen atoms in total. The SMILES string of the molecule is CC(C)(COc1ccccc1)c1ccccc1OS(C)(=O)=O. The van der Waals surface area contributed by atoms with Gasteiger partial charge in [0.25, 0.3) is 0 Å². The lowest BCUT2D eigenvalue weighted by atomic mass is 9.85. The van der Waals surface area contributed by atoms with Gasteiger partial charge < -0.3 is 8.92 Å². The van der Waals surface area contributed by atoms with Crippen LogP contribution in [0, 0.1) is 0 Å². The smallest absolute Gasteiger partial charge is 0.306 e. The summed E-state index contributed by atoms with van der Waals surface area (Å²) in [5.74, 6) is 1.11. The minimum Gasteiger partial charge on any atom is -0.493 e. The number of para-hydroxylation sites is 2. The van der Waals surface area contributed by atoms with Crippen LogP contribution in [0.2, 0.25) is 0 Å². The summed E-state index contributed by atoms with van der Waals surface area (Å²) in [5.41, 5.74) is 0.383. The molecule has 0 atom stereocenters. The third-order valence-electron chi connectivity index (χ3n) is 3.20. The zero-order valence-corrected chi connectivity index (χ0v) is 13.8. The summed E-state index contributed by atoms with van der Waals surface area (Å²) in [6.07, 6.45) is 1.04. The average molecular weight is 320 g/mol. The second kappa shape index (κ2) is 6.40. The van der Waals surface area contributed by atoms with Crippen molar-refractivity contribution in [1.29, 1.82) is 0 Å². The zero-order chi connectivity index (χ0) is 16.2. The van der Waals surface area contributed by atoms with Crippen LogP contribution in [0.4, 0.5) is 0 Å². The van der Waals surface area contributed by atoms with E-state index in [1.807, 2.05) is 56.3 Å². The molecule has 0 aliphatic heterocycles. The maximum atomic E-state index is 11.4. The number of hydrogen-bond acceptors (Lipinski definition) is 4. The Morgan fingerprint density at radius 3 is 2.18 bits per heavy atom. The van der Waals surface area contributed by atoms with E-state index in [1.54, 1.807) is 12.1 Å². The van der Waals surface area contributed by atoms with Gasteiger partial charge in [0.1, 0.15) is 11.5 Å². The predicted octanol–water partition coefficient (Wildman–Crippen LogP) is 3.38. The molecule has 0 heterocycles. The Morgan fingerprint density at radius 1 is 0.955 bits per heavy atom. The standard InChI is InChI=1S/C17H20O4S/c1-17(2,13-20-14-9-5-4-6-10-14)15-11-7-8-12-16(15)21-22(3,18)19/h4-12H,13H2,1-3H3. The molecule has 22 heavy (non-hydrogen) atoms. The fraction of sp³-hybridized carbons (Fsp3) is 0.294. The molecule has 0 aliphatic rings. The molecule has 0 saturated carbocycles. The van der Waals surface area contributed by atoms with Crippen molar-refractivity contribution < 1.29 is 17.3 Å². The highest BCUT2D eigenvalue weighted by molar-refractivity contribution is 7.86. The molecule has 0 saturated heterocycles. The van der Waals surface area contributed by atoms with E-state index in [-0.39, 0.29) is 0 Å². The topological polar surface area (TPSA) is 52.6 Å². The average Bonchev–Trinajstić information content (AvgIpc) is 2.45. The van der Waals surface area contributed by atoms with E-state index < -0.39 is 15.5 Å². The van der Waals surface area contributed by atoms with Crippen molar-refractivity contribution in [2.75, 3.05) is 12.9 Å². The van der Waals surface area contributed by atoms with Crippen LogP contribution in [0.15, 0.2) is 54.6 Å². The zero-order valence-electron chi connectivity index (χ0n) is 12.9. The molecule has 0 aliphatic carbocycles. The van der Waals surface area contributed by atoms with Crippen LogP contribution < -0.4 is 8.92 Å². The Kier molecular flexibility index (Phi) is 4.76. The largest absolute Gasteiger partial charge is 0.493 e. The van der Waals surface area contributed by atoms with Crippen molar-refractivity contribution in [2.24, 2.45) is 0 Å². The fourth-order valence-electron chi connectivity index (χ4n) is 2.12. The van der Waals surface area contributed by atoms with Crippen molar-refractivity contribution in [1.82, 2.24) is 0 Å². The Labute approximate surface area is 131 Å². The maximum Gasteiger partial charge on any atom is 0.306 e. The summed E-state index contributed by atoms with van der Waals surface area (Å²) >= 11 is 0. The van der Waals surface area contributed by atoms with E-state index in [0.717, 1.165) is 17.6 Å². The van der Waals surface area contributed by atoms with Gasteiger partial charge in [-0.3, -0.25) is 0 Å². The molecule has 0 aromatic heterocycles. The summed E-state index contributed by atoms with van der Waals surface area (Å²) < 4.78 is 33.7. The summed E-state index contributed by atoms with van der Waals surface area (Å²) in [4.78, 5) is 0. The molecule has 0 unspecified atom stereocenters. The van der Waals surface area contributed by atoms with E-state index in [1.165, 1.54) is 0 Å². The molecule has 2 aromatic carbocycles. The summed E-state index contributed by atoms with van der Waals surface area (Å²) in [7, 11) is -3.57. The van der Waals surface area contributed by atoms with E-state index in [2.05, 4.69) is 0 Å². The second-order valence-corrected chi connectivity index (χ2v) is 7.34. The third-order valence-corrected chi connectivity index (χ3v) is 3.68. The van der Waals surface area contributed by atoms with E-state index in [9.17, 15) is 8.42 Å². The highest BCUT2D eigenvalue weighted by atomic mass is 32.2. The van der Waals surface area contributed by atoms with Gasteiger partial charge >= 0.3 is 10.1 Å². The van der Waals surface area contributed by atoms with Gasteiger partial charge in [-0.2, -0.15) is 8.42 Å². The van der Waals surface area contributed by atoms with Crippen molar-refractivity contribution in [3.05, 3.63) is 60.2 Å². The van der Waals surface area contributed by atoms with Crippen molar-refractivity contribution >= 4 is 10.1 Å². The van der Waals surface area contributed by atoms with E-state index >= 15 is 0 Å². The lowest BCUT2D eigenvalue weighted by Crippen LogP contribution is -2.27. The molecule has 0 radical (unpaired) electrons. The van der Waals surface area contributed by atoms with Gasteiger partial charge in [-0.15, -0.1) is 0 Å². The molecule has 0 bridgehead atoms. The normalized spacial score (nSPS) is 12.0. The molecular formula is C17H20O4S. The summed E-state index contributed by atoms with van der Waals surface area (Å²) in [6, 6.07) is 16.6. The highest BCUT2D eigenvalue weighted by Crippen LogP contribution is 2.32. The van der Waals surface area contributed by atoms with Gasteiger partial charge in [-0.25, -0.2) is 0 Å². The second-order valence-electron chi connectivity index (χ2n) is 5.77. The lowest BCUT2D eigenvalue weighted by Gasteiger charge is -2.27. The van der Waals surface area contributed by atoms with Crippen molar-refractivity contribution in [3.63, 3.8) is 0 Å². The maximum absolute atomic E-state index is 11.4. The summed E-state index contributed by atoms with van der Waals surface area (Å²) in [5, 5.41) is 0. The molecule has 0 fully saturated rings. The number of rotatable bonds is 6. The minimum atomic E-state index is -3.57. The monoisotopic (exact) mass is 320 g/mol. The molecule has 118 valence electrons. The lowest BCUT2D eigenvalue weighted by molar-refractivity contribution is 0.238. The first-order valence-corrected chi connectivity index (χ1v) is 8.76. The van der Waals surface area contributed by atoms with Crippen LogP contribution in [0.5, 0.6) is 11.5 Å². The Bertz CT molecular complexity index is 721. The molecule has 2 aromatic rings. The first kappa shape index (κ1) is 16.4. The first-order chi connectivity index (χ1) is 10.3. The van der Waals surface area contributed by atoms with Gasteiger partial charge in [0.2, 0.25) is 0 Å².